The minimum absolute atomic E-state index is 0.133. The van der Waals surface area contributed by atoms with Gasteiger partial charge in [0.1, 0.15) is 11.5 Å². The number of likely N-dealkylation sites (tertiary alicyclic amines) is 1. The van der Waals surface area contributed by atoms with Crippen molar-refractivity contribution < 1.29 is 4.79 Å². The highest BCUT2D eigenvalue weighted by Crippen LogP contribution is 2.26. The van der Waals surface area contributed by atoms with Gasteiger partial charge in [0, 0.05) is 17.4 Å². The van der Waals surface area contributed by atoms with Gasteiger partial charge in [0.25, 0.3) is 5.91 Å². The average Bonchev–Trinajstić information content (AvgIpc) is 2.85. The quantitative estimate of drug-likeness (QED) is 0.941. The first-order valence-corrected chi connectivity index (χ1v) is 8.57. The molecule has 1 aromatic carbocycles. The SMILES string of the molecule is Cc1ccc(NC(=O)c2nc(C)n(C3CCN(C)CC3)c2C)cc1. The highest BCUT2D eigenvalue weighted by atomic mass is 16.1. The van der Waals surface area contributed by atoms with Crippen LogP contribution in [0.5, 0.6) is 0 Å². The Bertz CT molecular complexity index is 725. The predicted octanol–water partition coefficient (Wildman–Crippen LogP) is 3.33. The van der Waals surface area contributed by atoms with Gasteiger partial charge < -0.3 is 14.8 Å². The van der Waals surface area contributed by atoms with Crippen LogP contribution >= 0.6 is 0 Å². The van der Waals surface area contributed by atoms with Crippen LogP contribution in [0.3, 0.4) is 0 Å². The summed E-state index contributed by atoms with van der Waals surface area (Å²) in [5.74, 6) is 0.794. The Morgan fingerprint density at radius 3 is 2.38 bits per heavy atom. The lowest BCUT2D eigenvalue weighted by Crippen LogP contribution is -2.32. The molecule has 128 valence electrons. The van der Waals surface area contributed by atoms with E-state index in [9.17, 15) is 4.79 Å². The van der Waals surface area contributed by atoms with E-state index in [1.807, 2.05) is 45.0 Å². The molecule has 0 spiro atoms. The second-order valence-corrected chi connectivity index (χ2v) is 6.82. The van der Waals surface area contributed by atoms with Crippen LogP contribution in [0.25, 0.3) is 0 Å². The Hall–Kier alpha value is -2.14. The van der Waals surface area contributed by atoms with E-state index in [0.29, 0.717) is 11.7 Å². The number of carbonyl (C=O) groups is 1. The Morgan fingerprint density at radius 1 is 1.12 bits per heavy atom. The number of rotatable bonds is 3. The van der Waals surface area contributed by atoms with E-state index in [4.69, 9.17) is 0 Å². The van der Waals surface area contributed by atoms with Gasteiger partial charge in [0.15, 0.2) is 0 Å². The summed E-state index contributed by atoms with van der Waals surface area (Å²) >= 11 is 0. The largest absolute Gasteiger partial charge is 0.329 e. The van der Waals surface area contributed by atoms with Gasteiger partial charge in [0.2, 0.25) is 0 Å². The fourth-order valence-corrected chi connectivity index (χ4v) is 3.49. The van der Waals surface area contributed by atoms with Crippen LogP contribution in [0.2, 0.25) is 0 Å². The third-order valence-electron chi connectivity index (χ3n) is 4.90. The lowest BCUT2D eigenvalue weighted by atomic mass is 10.0. The molecule has 1 aromatic heterocycles. The van der Waals surface area contributed by atoms with E-state index in [2.05, 4.69) is 26.8 Å². The maximum absolute atomic E-state index is 12.6. The number of anilines is 1. The van der Waals surface area contributed by atoms with Gasteiger partial charge >= 0.3 is 0 Å². The maximum Gasteiger partial charge on any atom is 0.276 e. The number of imidazole rings is 1. The van der Waals surface area contributed by atoms with E-state index < -0.39 is 0 Å². The van der Waals surface area contributed by atoms with E-state index in [1.165, 1.54) is 5.56 Å². The van der Waals surface area contributed by atoms with Crippen molar-refractivity contribution in [3.8, 4) is 0 Å². The summed E-state index contributed by atoms with van der Waals surface area (Å²) in [6.07, 6.45) is 2.21. The predicted molar refractivity (Wildman–Crippen MR) is 96.6 cm³/mol. The molecule has 0 radical (unpaired) electrons. The molecule has 1 saturated heterocycles. The van der Waals surface area contributed by atoms with Crippen molar-refractivity contribution >= 4 is 11.6 Å². The van der Waals surface area contributed by atoms with Crippen molar-refractivity contribution in [3.05, 3.63) is 47.0 Å². The molecule has 0 saturated carbocycles. The topological polar surface area (TPSA) is 50.2 Å². The highest BCUT2D eigenvalue weighted by Gasteiger charge is 2.25. The zero-order chi connectivity index (χ0) is 17.3. The molecule has 0 unspecified atom stereocenters. The van der Waals surface area contributed by atoms with Crippen LogP contribution in [0, 0.1) is 20.8 Å². The minimum atomic E-state index is -0.133. The standard InChI is InChI=1S/C19H26N4O/c1-13-5-7-16(8-6-13)21-19(24)18-14(2)23(15(3)20-18)17-9-11-22(4)12-10-17/h5-8,17H,9-12H2,1-4H3,(H,21,24). The van der Waals surface area contributed by atoms with Crippen LogP contribution in [0.4, 0.5) is 5.69 Å². The molecule has 0 atom stereocenters. The van der Waals surface area contributed by atoms with Gasteiger partial charge in [-0.15, -0.1) is 0 Å². The Balaban J connectivity index is 1.80. The summed E-state index contributed by atoms with van der Waals surface area (Å²) in [5, 5.41) is 2.95. The molecule has 1 amide bonds. The number of nitrogens with one attached hydrogen (secondary N) is 1. The molecule has 1 aliphatic rings. The molecule has 1 fully saturated rings. The van der Waals surface area contributed by atoms with Gasteiger partial charge in [-0.3, -0.25) is 4.79 Å². The molecule has 3 rings (SSSR count). The fraction of sp³-hybridized carbons (Fsp3) is 0.474. The summed E-state index contributed by atoms with van der Waals surface area (Å²) in [4.78, 5) is 19.5. The summed E-state index contributed by atoms with van der Waals surface area (Å²) in [6, 6.07) is 8.26. The Labute approximate surface area is 143 Å². The van der Waals surface area contributed by atoms with Gasteiger partial charge in [0.05, 0.1) is 0 Å². The number of nitrogens with zero attached hydrogens (tertiary/aromatic N) is 3. The number of carbonyl (C=O) groups excluding carboxylic acids is 1. The molecule has 2 heterocycles. The zero-order valence-corrected chi connectivity index (χ0v) is 15.0. The molecule has 0 aliphatic carbocycles. The van der Waals surface area contributed by atoms with Crippen LogP contribution in [-0.4, -0.2) is 40.5 Å². The van der Waals surface area contributed by atoms with E-state index in [-0.39, 0.29) is 5.91 Å². The van der Waals surface area contributed by atoms with Crippen LogP contribution in [0.1, 0.15) is 46.5 Å². The second-order valence-electron chi connectivity index (χ2n) is 6.82. The van der Waals surface area contributed by atoms with Gasteiger partial charge in [-0.2, -0.15) is 0 Å². The molecule has 2 aromatic rings. The first kappa shape index (κ1) is 16.7. The van der Waals surface area contributed by atoms with Crippen molar-refractivity contribution in [2.24, 2.45) is 0 Å². The molecular weight excluding hydrogens is 300 g/mol. The monoisotopic (exact) mass is 326 g/mol. The van der Waals surface area contributed by atoms with Crippen molar-refractivity contribution in [3.63, 3.8) is 0 Å². The van der Waals surface area contributed by atoms with Crippen molar-refractivity contribution in [2.45, 2.75) is 39.7 Å². The summed E-state index contributed by atoms with van der Waals surface area (Å²) in [5.41, 5.74) is 3.47. The first-order chi connectivity index (χ1) is 11.5. The third kappa shape index (κ3) is 3.36. The minimum Gasteiger partial charge on any atom is -0.329 e. The number of hydrogen-bond donors (Lipinski definition) is 1. The smallest absolute Gasteiger partial charge is 0.276 e. The fourth-order valence-electron chi connectivity index (χ4n) is 3.49. The normalized spacial score (nSPS) is 16.3. The van der Waals surface area contributed by atoms with E-state index in [0.717, 1.165) is 43.1 Å². The highest BCUT2D eigenvalue weighted by molar-refractivity contribution is 6.03. The lowest BCUT2D eigenvalue weighted by molar-refractivity contribution is 0.102. The number of benzene rings is 1. The molecule has 1 aliphatic heterocycles. The maximum atomic E-state index is 12.6. The number of amides is 1. The molecule has 5 nitrogen and oxygen atoms in total. The number of aryl methyl sites for hydroxylation is 2. The number of hydrogen-bond acceptors (Lipinski definition) is 3. The number of piperidine rings is 1. The lowest BCUT2D eigenvalue weighted by Gasteiger charge is -2.31. The summed E-state index contributed by atoms with van der Waals surface area (Å²) in [6.45, 7) is 8.21. The van der Waals surface area contributed by atoms with Crippen LogP contribution < -0.4 is 5.32 Å². The Kier molecular flexibility index (Phi) is 4.71. The molecular formula is C19H26N4O. The summed E-state index contributed by atoms with van der Waals surface area (Å²) < 4.78 is 2.25. The van der Waals surface area contributed by atoms with E-state index >= 15 is 0 Å². The Morgan fingerprint density at radius 2 is 1.75 bits per heavy atom. The van der Waals surface area contributed by atoms with Crippen molar-refractivity contribution in [1.82, 2.24) is 14.5 Å². The van der Waals surface area contributed by atoms with Gasteiger partial charge in [-0.05, 0) is 65.9 Å². The van der Waals surface area contributed by atoms with Gasteiger partial charge in [-0.1, -0.05) is 17.7 Å². The van der Waals surface area contributed by atoms with Gasteiger partial charge in [-0.25, -0.2) is 4.98 Å². The van der Waals surface area contributed by atoms with E-state index in [1.54, 1.807) is 0 Å². The molecule has 1 N–H and O–H groups in total. The summed E-state index contributed by atoms with van der Waals surface area (Å²) in [7, 11) is 2.16. The zero-order valence-electron chi connectivity index (χ0n) is 15.0. The molecule has 5 heteroatoms. The van der Waals surface area contributed by atoms with Crippen LogP contribution in [0.15, 0.2) is 24.3 Å². The van der Waals surface area contributed by atoms with Crippen molar-refractivity contribution in [2.75, 3.05) is 25.5 Å². The number of aromatic nitrogens is 2. The first-order valence-electron chi connectivity index (χ1n) is 8.57. The molecule has 0 bridgehead atoms. The average molecular weight is 326 g/mol. The second kappa shape index (κ2) is 6.77. The molecule has 24 heavy (non-hydrogen) atoms. The third-order valence-corrected chi connectivity index (χ3v) is 4.90. The van der Waals surface area contributed by atoms with Crippen molar-refractivity contribution in [1.29, 1.82) is 0 Å². The van der Waals surface area contributed by atoms with Crippen LogP contribution in [-0.2, 0) is 0 Å².